The molecular weight excluding hydrogens is 228 g/mol. The molecule has 0 amide bonds. The molecular formula is C13H24N4O. The van der Waals surface area contributed by atoms with Gasteiger partial charge in [-0.2, -0.15) is 0 Å². The number of anilines is 1. The highest BCUT2D eigenvalue weighted by Gasteiger charge is 2.23. The average Bonchev–Trinajstić information content (AvgIpc) is 2.96. The molecule has 5 nitrogen and oxygen atoms in total. The summed E-state index contributed by atoms with van der Waals surface area (Å²) in [6, 6.07) is 0.558. The zero-order valence-corrected chi connectivity index (χ0v) is 11.4. The van der Waals surface area contributed by atoms with Gasteiger partial charge in [0.2, 0.25) is 5.89 Å². The van der Waals surface area contributed by atoms with Crippen LogP contribution in [0.2, 0.25) is 0 Å². The Balaban J connectivity index is 1.72. The summed E-state index contributed by atoms with van der Waals surface area (Å²) in [5.74, 6) is 2.22. The SMILES string of the molecule is CCCNCc1nnc(NCC2CCCC2C)o1. The Morgan fingerprint density at radius 3 is 2.94 bits per heavy atom. The lowest BCUT2D eigenvalue weighted by molar-refractivity contribution is 0.428. The van der Waals surface area contributed by atoms with Crippen molar-refractivity contribution in [1.82, 2.24) is 15.5 Å². The number of aromatic nitrogens is 2. The quantitative estimate of drug-likeness (QED) is 0.730. The Bertz CT molecular complexity index is 353. The summed E-state index contributed by atoms with van der Waals surface area (Å²) in [5.41, 5.74) is 0. The van der Waals surface area contributed by atoms with Crippen LogP contribution < -0.4 is 10.6 Å². The predicted molar refractivity (Wildman–Crippen MR) is 71.3 cm³/mol. The molecule has 2 N–H and O–H groups in total. The molecule has 0 saturated heterocycles. The van der Waals surface area contributed by atoms with Crippen LogP contribution >= 0.6 is 0 Å². The first-order chi connectivity index (χ1) is 8.79. The van der Waals surface area contributed by atoms with Gasteiger partial charge in [-0.05, 0) is 31.2 Å². The standard InChI is InChI=1S/C13H24N4O/c1-3-7-14-9-12-16-17-13(18-12)15-8-11-6-4-5-10(11)2/h10-11,14H,3-9H2,1-2H3,(H,15,17). The summed E-state index contributed by atoms with van der Waals surface area (Å²) >= 11 is 0. The van der Waals surface area contributed by atoms with Crippen molar-refractivity contribution in [3.05, 3.63) is 5.89 Å². The van der Waals surface area contributed by atoms with E-state index < -0.39 is 0 Å². The van der Waals surface area contributed by atoms with Crippen molar-refractivity contribution in [3.63, 3.8) is 0 Å². The third kappa shape index (κ3) is 3.70. The van der Waals surface area contributed by atoms with E-state index >= 15 is 0 Å². The van der Waals surface area contributed by atoms with Crippen LogP contribution in [0.15, 0.2) is 4.42 Å². The Kier molecular flexibility index (Phi) is 4.99. The molecule has 2 unspecified atom stereocenters. The largest absolute Gasteiger partial charge is 0.407 e. The number of nitrogens with one attached hydrogen (secondary N) is 2. The van der Waals surface area contributed by atoms with Gasteiger partial charge in [-0.25, -0.2) is 0 Å². The topological polar surface area (TPSA) is 63.0 Å². The maximum atomic E-state index is 5.53. The third-order valence-electron chi connectivity index (χ3n) is 3.72. The average molecular weight is 252 g/mol. The molecule has 0 spiro atoms. The van der Waals surface area contributed by atoms with Gasteiger partial charge in [0.05, 0.1) is 6.54 Å². The van der Waals surface area contributed by atoms with Crippen LogP contribution in [0.5, 0.6) is 0 Å². The van der Waals surface area contributed by atoms with E-state index in [0.29, 0.717) is 18.5 Å². The summed E-state index contributed by atoms with van der Waals surface area (Å²) in [5, 5.41) is 14.5. The van der Waals surface area contributed by atoms with Crippen LogP contribution in [0.1, 0.15) is 45.4 Å². The minimum atomic E-state index is 0.558. The summed E-state index contributed by atoms with van der Waals surface area (Å²) < 4.78 is 5.53. The van der Waals surface area contributed by atoms with Crippen molar-refractivity contribution in [1.29, 1.82) is 0 Å². The predicted octanol–water partition coefficient (Wildman–Crippen LogP) is 2.42. The fraction of sp³-hybridized carbons (Fsp3) is 0.846. The molecule has 0 aromatic carbocycles. The van der Waals surface area contributed by atoms with E-state index in [9.17, 15) is 0 Å². The van der Waals surface area contributed by atoms with Crippen molar-refractivity contribution in [2.45, 2.75) is 46.1 Å². The maximum Gasteiger partial charge on any atom is 0.315 e. The van der Waals surface area contributed by atoms with E-state index in [2.05, 4.69) is 34.7 Å². The Hall–Kier alpha value is -1.10. The number of hydrogen-bond acceptors (Lipinski definition) is 5. The minimum absolute atomic E-state index is 0.558. The lowest BCUT2D eigenvalue weighted by Crippen LogP contribution is -2.16. The molecule has 0 aliphatic heterocycles. The summed E-state index contributed by atoms with van der Waals surface area (Å²) in [6.07, 6.45) is 5.12. The van der Waals surface area contributed by atoms with Crippen LogP contribution in [-0.4, -0.2) is 23.3 Å². The van der Waals surface area contributed by atoms with Crippen molar-refractivity contribution < 1.29 is 4.42 Å². The van der Waals surface area contributed by atoms with Crippen LogP contribution in [0, 0.1) is 11.8 Å². The maximum absolute atomic E-state index is 5.53. The van der Waals surface area contributed by atoms with Crippen LogP contribution in [0.25, 0.3) is 0 Å². The van der Waals surface area contributed by atoms with Crippen molar-refractivity contribution >= 4 is 6.01 Å². The lowest BCUT2D eigenvalue weighted by atomic mass is 9.98. The molecule has 5 heteroatoms. The molecule has 1 aliphatic rings. The molecule has 1 aliphatic carbocycles. The second-order valence-electron chi connectivity index (χ2n) is 5.23. The van der Waals surface area contributed by atoms with E-state index in [1.165, 1.54) is 19.3 Å². The molecule has 2 rings (SSSR count). The molecule has 1 aromatic heterocycles. The highest BCUT2D eigenvalue weighted by atomic mass is 16.4. The first kappa shape index (κ1) is 13.3. The summed E-state index contributed by atoms with van der Waals surface area (Å²) in [4.78, 5) is 0. The van der Waals surface area contributed by atoms with Crippen molar-refractivity contribution in [2.24, 2.45) is 11.8 Å². The van der Waals surface area contributed by atoms with Gasteiger partial charge in [0, 0.05) is 6.54 Å². The molecule has 1 heterocycles. The summed E-state index contributed by atoms with van der Waals surface area (Å²) in [6.45, 7) is 7.04. The number of nitrogens with zero attached hydrogens (tertiary/aromatic N) is 2. The molecule has 18 heavy (non-hydrogen) atoms. The van der Waals surface area contributed by atoms with Gasteiger partial charge in [-0.15, -0.1) is 5.10 Å². The first-order valence-electron chi connectivity index (χ1n) is 7.06. The zero-order valence-electron chi connectivity index (χ0n) is 11.4. The van der Waals surface area contributed by atoms with Gasteiger partial charge in [-0.3, -0.25) is 0 Å². The van der Waals surface area contributed by atoms with E-state index in [1.54, 1.807) is 0 Å². The lowest BCUT2D eigenvalue weighted by Gasteiger charge is -2.14. The van der Waals surface area contributed by atoms with E-state index in [0.717, 1.165) is 31.3 Å². The van der Waals surface area contributed by atoms with Gasteiger partial charge < -0.3 is 15.1 Å². The fourth-order valence-electron chi connectivity index (χ4n) is 2.51. The van der Waals surface area contributed by atoms with Crippen LogP contribution in [-0.2, 0) is 6.54 Å². The van der Waals surface area contributed by atoms with Crippen molar-refractivity contribution in [3.8, 4) is 0 Å². The monoisotopic (exact) mass is 252 g/mol. The number of hydrogen-bond donors (Lipinski definition) is 2. The Morgan fingerprint density at radius 1 is 1.33 bits per heavy atom. The van der Waals surface area contributed by atoms with Gasteiger partial charge in [-0.1, -0.05) is 31.8 Å². The van der Waals surface area contributed by atoms with Gasteiger partial charge in [0.25, 0.3) is 0 Å². The molecule has 1 fully saturated rings. The van der Waals surface area contributed by atoms with Gasteiger partial charge in [0.15, 0.2) is 0 Å². The second-order valence-corrected chi connectivity index (χ2v) is 5.23. The number of rotatable bonds is 7. The molecule has 0 bridgehead atoms. The molecule has 0 radical (unpaired) electrons. The molecule has 102 valence electrons. The Morgan fingerprint density at radius 2 is 2.22 bits per heavy atom. The summed E-state index contributed by atoms with van der Waals surface area (Å²) in [7, 11) is 0. The second kappa shape index (κ2) is 6.73. The Labute approximate surface area is 109 Å². The van der Waals surface area contributed by atoms with E-state index in [4.69, 9.17) is 4.42 Å². The fourth-order valence-corrected chi connectivity index (χ4v) is 2.51. The first-order valence-corrected chi connectivity index (χ1v) is 7.06. The van der Waals surface area contributed by atoms with E-state index in [-0.39, 0.29) is 0 Å². The zero-order chi connectivity index (χ0) is 12.8. The normalized spacial score (nSPS) is 23.4. The smallest absolute Gasteiger partial charge is 0.315 e. The van der Waals surface area contributed by atoms with E-state index in [1.807, 2.05) is 0 Å². The molecule has 1 saturated carbocycles. The van der Waals surface area contributed by atoms with Gasteiger partial charge in [0.1, 0.15) is 0 Å². The van der Waals surface area contributed by atoms with Crippen LogP contribution in [0.4, 0.5) is 6.01 Å². The van der Waals surface area contributed by atoms with Crippen molar-refractivity contribution in [2.75, 3.05) is 18.4 Å². The van der Waals surface area contributed by atoms with Crippen LogP contribution in [0.3, 0.4) is 0 Å². The molecule has 1 aromatic rings. The van der Waals surface area contributed by atoms with Gasteiger partial charge >= 0.3 is 6.01 Å². The minimum Gasteiger partial charge on any atom is -0.407 e. The molecule has 2 atom stereocenters. The highest BCUT2D eigenvalue weighted by molar-refractivity contribution is 5.17. The highest BCUT2D eigenvalue weighted by Crippen LogP contribution is 2.31. The third-order valence-corrected chi connectivity index (χ3v) is 3.72.